The molecule has 1 unspecified atom stereocenters. The Balaban J connectivity index is 2.06. The first-order chi connectivity index (χ1) is 8.54. The van der Waals surface area contributed by atoms with E-state index in [4.69, 9.17) is 10.2 Å². The van der Waals surface area contributed by atoms with Crippen LogP contribution in [0.4, 0.5) is 0 Å². The van der Waals surface area contributed by atoms with Crippen molar-refractivity contribution < 1.29 is 4.42 Å². The van der Waals surface area contributed by atoms with Gasteiger partial charge in [-0.15, -0.1) is 0 Å². The van der Waals surface area contributed by atoms with Gasteiger partial charge in [-0.25, -0.2) is 9.97 Å². The van der Waals surface area contributed by atoms with E-state index < -0.39 is 0 Å². The maximum Gasteiger partial charge on any atom is 0.262 e. The molecule has 2 N–H and O–H groups in total. The third-order valence-corrected chi connectivity index (χ3v) is 3.36. The molecule has 0 saturated carbocycles. The average Bonchev–Trinajstić information content (AvgIpc) is 2.60. The van der Waals surface area contributed by atoms with Gasteiger partial charge in [-0.1, -0.05) is 6.07 Å². The third kappa shape index (κ3) is 3.34. The first kappa shape index (κ1) is 13.1. The van der Waals surface area contributed by atoms with Crippen molar-refractivity contribution in [2.75, 3.05) is 0 Å². The van der Waals surface area contributed by atoms with Crippen LogP contribution in [0, 0.1) is 13.8 Å². The predicted molar refractivity (Wildman–Crippen MR) is 71.7 cm³/mol. The minimum atomic E-state index is 0.155. The van der Waals surface area contributed by atoms with E-state index in [1.807, 2.05) is 39.1 Å². The fourth-order valence-corrected chi connectivity index (χ4v) is 2.31. The minimum absolute atomic E-state index is 0.155. The monoisotopic (exact) mass is 263 g/mol. The van der Waals surface area contributed by atoms with Crippen molar-refractivity contribution >= 4 is 11.8 Å². The highest BCUT2D eigenvalue weighted by atomic mass is 32.2. The first-order valence-electron chi connectivity index (χ1n) is 5.87. The molecule has 0 amide bonds. The molecule has 2 rings (SSSR count). The number of hydrogen-bond acceptors (Lipinski definition) is 5. The van der Waals surface area contributed by atoms with Gasteiger partial charge in [-0.2, -0.15) is 0 Å². The van der Waals surface area contributed by atoms with Crippen LogP contribution in [0.25, 0.3) is 0 Å². The second-order valence-electron chi connectivity index (χ2n) is 4.41. The number of aromatic nitrogens is 2. The molecule has 5 heteroatoms. The average molecular weight is 263 g/mol. The second kappa shape index (κ2) is 5.54. The Morgan fingerprint density at radius 2 is 2.17 bits per heavy atom. The normalized spacial score (nSPS) is 12.7. The van der Waals surface area contributed by atoms with Crippen LogP contribution >= 0.6 is 11.8 Å². The SMILES string of the molecule is Cc1nc(Sc2ccc(CC(C)N)cn2)oc1C. The number of oxazole rings is 1. The topological polar surface area (TPSA) is 64.9 Å². The van der Waals surface area contributed by atoms with Crippen molar-refractivity contribution in [2.45, 2.75) is 43.5 Å². The summed E-state index contributed by atoms with van der Waals surface area (Å²) in [5, 5.41) is 1.52. The molecule has 2 aromatic rings. The van der Waals surface area contributed by atoms with Crippen LogP contribution in [0.1, 0.15) is 23.9 Å². The lowest BCUT2D eigenvalue weighted by molar-refractivity contribution is 0.431. The summed E-state index contributed by atoms with van der Waals surface area (Å²) in [5.41, 5.74) is 7.82. The van der Waals surface area contributed by atoms with E-state index in [0.717, 1.165) is 28.5 Å². The van der Waals surface area contributed by atoms with Crippen molar-refractivity contribution in [3.05, 3.63) is 35.3 Å². The summed E-state index contributed by atoms with van der Waals surface area (Å²) < 4.78 is 5.50. The molecule has 0 saturated heterocycles. The third-order valence-electron chi connectivity index (χ3n) is 2.56. The van der Waals surface area contributed by atoms with Crippen LogP contribution in [-0.2, 0) is 6.42 Å². The van der Waals surface area contributed by atoms with Gasteiger partial charge in [0.15, 0.2) is 0 Å². The van der Waals surface area contributed by atoms with E-state index in [1.54, 1.807) is 0 Å². The Morgan fingerprint density at radius 3 is 2.67 bits per heavy atom. The molecule has 2 heterocycles. The zero-order chi connectivity index (χ0) is 13.1. The van der Waals surface area contributed by atoms with E-state index in [2.05, 4.69) is 9.97 Å². The number of nitrogens with zero attached hydrogens (tertiary/aromatic N) is 2. The van der Waals surface area contributed by atoms with Crippen molar-refractivity contribution in [1.82, 2.24) is 9.97 Å². The molecule has 0 radical (unpaired) electrons. The fraction of sp³-hybridized carbons (Fsp3) is 0.385. The van der Waals surface area contributed by atoms with E-state index >= 15 is 0 Å². The van der Waals surface area contributed by atoms with Crippen LogP contribution in [0.5, 0.6) is 0 Å². The highest BCUT2D eigenvalue weighted by Gasteiger charge is 2.08. The molecule has 4 nitrogen and oxygen atoms in total. The Hall–Kier alpha value is -1.33. The molecule has 96 valence electrons. The predicted octanol–water partition coefficient (Wildman–Crippen LogP) is 2.73. The number of hydrogen-bond donors (Lipinski definition) is 1. The van der Waals surface area contributed by atoms with Gasteiger partial charge in [0, 0.05) is 12.2 Å². The Bertz CT molecular complexity index is 500. The standard InChI is InChI=1S/C13H17N3OS/c1-8(14)6-11-4-5-12(15-7-11)18-13-16-9(2)10(3)17-13/h4-5,7-8H,6,14H2,1-3H3. The molecule has 0 bridgehead atoms. The quantitative estimate of drug-likeness (QED) is 0.918. The molecule has 0 aliphatic rings. The van der Waals surface area contributed by atoms with Gasteiger partial charge in [-0.05, 0) is 50.6 Å². The van der Waals surface area contributed by atoms with E-state index in [-0.39, 0.29) is 6.04 Å². The highest BCUT2D eigenvalue weighted by molar-refractivity contribution is 7.99. The van der Waals surface area contributed by atoms with E-state index in [9.17, 15) is 0 Å². The number of nitrogens with two attached hydrogens (primary N) is 1. The molecule has 0 fully saturated rings. The van der Waals surface area contributed by atoms with E-state index in [1.165, 1.54) is 11.8 Å². The molecule has 18 heavy (non-hydrogen) atoms. The summed E-state index contributed by atoms with van der Waals surface area (Å²) in [7, 11) is 0. The largest absolute Gasteiger partial charge is 0.436 e. The summed E-state index contributed by atoms with van der Waals surface area (Å²) in [6.07, 6.45) is 2.70. The molecule has 1 atom stereocenters. The Kier molecular flexibility index (Phi) is 4.04. The number of pyridine rings is 1. The number of rotatable bonds is 4. The summed E-state index contributed by atoms with van der Waals surface area (Å²) in [4.78, 5) is 8.69. The summed E-state index contributed by atoms with van der Waals surface area (Å²) in [6, 6.07) is 4.17. The van der Waals surface area contributed by atoms with Gasteiger partial charge in [0.05, 0.1) is 5.69 Å². The molecule has 2 aromatic heterocycles. The molecule has 0 aromatic carbocycles. The summed E-state index contributed by atoms with van der Waals surface area (Å²) in [5.74, 6) is 0.853. The van der Waals surface area contributed by atoms with Crippen molar-refractivity contribution in [1.29, 1.82) is 0 Å². The lowest BCUT2D eigenvalue weighted by Gasteiger charge is -2.04. The molecule has 0 aliphatic carbocycles. The van der Waals surface area contributed by atoms with Gasteiger partial charge < -0.3 is 10.2 Å². The Labute approximate surface area is 111 Å². The lowest BCUT2D eigenvalue weighted by Crippen LogP contribution is -2.17. The van der Waals surface area contributed by atoms with Crippen LogP contribution in [0.3, 0.4) is 0 Å². The van der Waals surface area contributed by atoms with Crippen LogP contribution < -0.4 is 5.73 Å². The zero-order valence-corrected chi connectivity index (χ0v) is 11.6. The van der Waals surface area contributed by atoms with Gasteiger partial charge in [-0.3, -0.25) is 0 Å². The van der Waals surface area contributed by atoms with Gasteiger partial charge in [0.25, 0.3) is 5.22 Å². The van der Waals surface area contributed by atoms with Gasteiger partial charge >= 0.3 is 0 Å². The zero-order valence-electron chi connectivity index (χ0n) is 10.8. The van der Waals surface area contributed by atoms with Crippen LogP contribution in [0.2, 0.25) is 0 Å². The minimum Gasteiger partial charge on any atom is -0.436 e. The maximum absolute atomic E-state index is 5.75. The van der Waals surface area contributed by atoms with Crippen LogP contribution in [-0.4, -0.2) is 16.0 Å². The van der Waals surface area contributed by atoms with Gasteiger partial charge in [0.2, 0.25) is 0 Å². The summed E-state index contributed by atoms with van der Waals surface area (Å²) in [6.45, 7) is 5.83. The second-order valence-corrected chi connectivity index (χ2v) is 5.38. The highest BCUT2D eigenvalue weighted by Crippen LogP contribution is 2.26. The Morgan fingerprint density at radius 1 is 1.39 bits per heavy atom. The molecular weight excluding hydrogens is 246 g/mol. The van der Waals surface area contributed by atoms with Crippen molar-refractivity contribution in [3.63, 3.8) is 0 Å². The maximum atomic E-state index is 5.75. The molecule has 0 aliphatic heterocycles. The van der Waals surface area contributed by atoms with Crippen molar-refractivity contribution in [2.24, 2.45) is 5.73 Å². The smallest absolute Gasteiger partial charge is 0.262 e. The molecule has 0 spiro atoms. The van der Waals surface area contributed by atoms with E-state index in [0.29, 0.717) is 5.22 Å². The van der Waals surface area contributed by atoms with Crippen LogP contribution in [0.15, 0.2) is 33.0 Å². The molecular formula is C13H17N3OS. The van der Waals surface area contributed by atoms with Gasteiger partial charge in [0.1, 0.15) is 10.8 Å². The fourth-order valence-electron chi connectivity index (χ4n) is 1.54. The number of aryl methyl sites for hydroxylation is 2. The van der Waals surface area contributed by atoms with Crippen molar-refractivity contribution in [3.8, 4) is 0 Å². The lowest BCUT2D eigenvalue weighted by atomic mass is 10.1. The first-order valence-corrected chi connectivity index (χ1v) is 6.68. The summed E-state index contributed by atoms with van der Waals surface area (Å²) >= 11 is 1.43.